The molecule has 1 aromatic heterocycles. The highest BCUT2D eigenvalue weighted by Gasteiger charge is 2.19. The molecule has 8 heteroatoms. The zero-order chi connectivity index (χ0) is 14.2. The van der Waals surface area contributed by atoms with Crippen molar-refractivity contribution in [2.24, 2.45) is 0 Å². The predicted octanol–water partition coefficient (Wildman–Crippen LogP) is 3.46. The average Bonchev–Trinajstić information content (AvgIpc) is 2.64. The Morgan fingerprint density at radius 2 is 2.05 bits per heavy atom. The summed E-state index contributed by atoms with van der Waals surface area (Å²) in [6, 6.07) is 4.58. The van der Waals surface area contributed by atoms with E-state index in [1.54, 1.807) is 6.92 Å². The number of phenols is 1. The van der Waals surface area contributed by atoms with Gasteiger partial charge in [-0.2, -0.15) is 0 Å². The number of hydrogen-bond acceptors (Lipinski definition) is 4. The molecular weight excluding hydrogens is 357 g/mol. The van der Waals surface area contributed by atoms with Crippen molar-refractivity contribution in [2.75, 3.05) is 4.72 Å². The first-order chi connectivity index (χ1) is 8.79. The molecule has 0 unspecified atom stereocenters. The van der Waals surface area contributed by atoms with Gasteiger partial charge in [0.25, 0.3) is 10.0 Å². The molecule has 0 bridgehead atoms. The molecule has 4 nitrogen and oxygen atoms in total. The normalized spacial score (nSPS) is 11.5. The second kappa shape index (κ2) is 5.10. The van der Waals surface area contributed by atoms with Crippen molar-refractivity contribution in [1.82, 2.24) is 0 Å². The Hall–Kier alpha value is -1.12. The van der Waals surface area contributed by atoms with Gasteiger partial charge in [0.1, 0.15) is 15.8 Å². The van der Waals surface area contributed by atoms with Crippen LogP contribution in [-0.4, -0.2) is 13.5 Å². The Kier molecular flexibility index (Phi) is 3.84. The monoisotopic (exact) mass is 365 g/mol. The van der Waals surface area contributed by atoms with E-state index >= 15 is 0 Å². The van der Waals surface area contributed by atoms with Crippen LogP contribution in [0.4, 0.5) is 10.1 Å². The van der Waals surface area contributed by atoms with Crippen LogP contribution < -0.4 is 4.72 Å². The molecule has 102 valence electrons. The highest BCUT2D eigenvalue weighted by Crippen LogP contribution is 2.33. The summed E-state index contributed by atoms with van der Waals surface area (Å²) < 4.78 is 40.0. The molecule has 0 saturated heterocycles. The van der Waals surface area contributed by atoms with E-state index in [0.717, 1.165) is 38.9 Å². The first kappa shape index (κ1) is 14.3. The Morgan fingerprint density at radius 1 is 1.37 bits per heavy atom. The van der Waals surface area contributed by atoms with Crippen molar-refractivity contribution in [3.63, 3.8) is 0 Å². The van der Waals surface area contributed by atoms with Gasteiger partial charge >= 0.3 is 0 Å². The molecule has 0 radical (unpaired) electrons. The van der Waals surface area contributed by atoms with E-state index in [4.69, 9.17) is 0 Å². The van der Waals surface area contributed by atoms with E-state index in [1.165, 1.54) is 6.07 Å². The number of phenolic OH excluding ortho intramolecular Hbond substituents is 1. The number of aromatic hydroxyl groups is 1. The lowest BCUT2D eigenvalue weighted by molar-refractivity contribution is 0.471. The van der Waals surface area contributed by atoms with Gasteiger partial charge in [-0.25, -0.2) is 12.8 Å². The first-order valence-corrected chi connectivity index (χ1v) is 8.16. The maximum atomic E-state index is 12.8. The van der Waals surface area contributed by atoms with E-state index < -0.39 is 21.6 Å². The topological polar surface area (TPSA) is 66.4 Å². The summed E-state index contributed by atoms with van der Waals surface area (Å²) in [5.41, 5.74) is 0.734. The van der Waals surface area contributed by atoms with Crippen LogP contribution in [0.15, 0.2) is 32.3 Å². The van der Waals surface area contributed by atoms with Crippen LogP contribution in [0.25, 0.3) is 0 Å². The molecule has 19 heavy (non-hydrogen) atoms. The molecule has 1 heterocycles. The van der Waals surface area contributed by atoms with Crippen LogP contribution in [0.2, 0.25) is 0 Å². The summed E-state index contributed by atoms with van der Waals surface area (Å²) in [6.45, 7) is 1.77. The summed E-state index contributed by atoms with van der Waals surface area (Å²) in [7, 11) is -3.79. The predicted molar refractivity (Wildman–Crippen MR) is 75.6 cm³/mol. The summed E-state index contributed by atoms with van der Waals surface area (Å²) >= 11 is 4.31. The van der Waals surface area contributed by atoms with Crippen molar-refractivity contribution < 1.29 is 17.9 Å². The Balaban J connectivity index is 2.36. The van der Waals surface area contributed by atoms with Crippen molar-refractivity contribution in [2.45, 2.75) is 11.1 Å². The lowest BCUT2D eigenvalue weighted by Gasteiger charge is -2.07. The Bertz CT molecular complexity index is 708. The molecule has 0 spiro atoms. The van der Waals surface area contributed by atoms with Crippen LogP contribution in [-0.2, 0) is 10.0 Å². The largest absolute Gasteiger partial charge is 0.506 e. The summed E-state index contributed by atoms with van der Waals surface area (Å²) in [4.78, 5) is 0. The van der Waals surface area contributed by atoms with Crippen molar-refractivity contribution in [3.05, 3.63) is 39.4 Å². The van der Waals surface area contributed by atoms with Gasteiger partial charge in [0, 0.05) is 6.07 Å². The number of rotatable bonds is 3. The third kappa shape index (κ3) is 3.07. The minimum Gasteiger partial charge on any atom is -0.506 e. The van der Waals surface area contributed by atoms with E-state index in [9.17, 15) is 17.9 Å². The molecule has 2 rings (SSSR count). The SMILES string of the molecule is Cc1cc(S(=O)(=O)Nc2ccc(F)cc2O)sc1Br. The number of nitrogens with one attached hydrogen (secondary N) is 1. The number of halogens is 2. The van der Waals surface area contributed by atoms with Crippen LogP contribution >= 0.6 is 27.3 Å². The fourth-order valence-electron chi connectivity index (χ4n) is 1.35. The highest BCUT2D eigenvalue weighted by molar-refractivity contribution is 9.11. The molecule has 0 fully saturated rings. The van der Waals surface area contributed by atoms with E-state index in [0.29, 0.717) is 0 Å². The summed E-state index contributed by atoms with van der Waals surface area (Å²) in [6.07, 6.45) is 0. The zero-order valence-corrected chi connectivity index (χ0v) is 12.9. The molecule has 2 aromatic rings. The quantitative estimate of drug-likeness (QED) is 0.818. The van der Waals surface area contributed by atoms with Crippen LogP contribution in [0.1, 0.15) is 5.56 Å². The van der Waals surface area contributed by atoms with Crippen molar-refractivity contribution in [3.8, 4) is 5.75 Å². The van der Waals surface area contributed by atoms with E-state index in [-0.39, 0.29) is 9.90 Å². The average molecular weight is 366 g/mol. The molecule has 2 N–H and O–H groups in total. The van der Waals surface area contributed by atoms with Gasteiger partial charge in [0.15, 0.2) is 0 Å². The number of aryl methyl sites for hydroxylation is 1. The maximum Gasteiger partial charge on any atom is 0.271 e. The zero-order valence-electron chi connectivity index (χ0n) is 9.65. The minimum atomic E-state index is -3.79. The maximum absolute atomic E-state index is 12.8. The molecule has 1 aromatic carbocycles. The summed E-state index contributed by atoms with van der Waals surface area (Å²) in [5, 5.41) is 9.49. The third-order valence-electron chi connectivity index (χ3n) is 2.30. The molecular formula is C11H9BrFNO3S2. The second-order valence-corrected chi connectivity index (χ2v) is 8.07. The van der Waals surface area contributed by atoms with Gasteiger partial charge in [0.05, 0.1) is 9.47 Å². The fraction of sp³-hybridized carbons (Fsp3) is 0.0909. The Labute approximate surface area is 122 Å². The first-order valence-electron chi connectivity index (χ1n) is 5.07. The lowest BCUT2D eigenvalue weighted by atomic mass is 10.3. The smallest absolute Gasteiger partial charge is 0.271 e. The third-order valence-corrected chi connectivity index (χ3v) is 6.28. The molecule has 0 aliphatic rings. The van der Waals surface area contributed by atoms with Crippen LogP contribution in [0.3, 0.4) is 0 Å². The van der Waals surface area contributed by atoms with Gasteiger partial charge in [-0.15, -0.1) is 11.3 Å². The van der Waals surface area contributed by atoms with Gasteiger partial charge < -0.3 is 5.11 Å². The molecule has 0 saturated carbocycles. The van der Waals surface area contributed by atoms with Gasteiger partial charge in [0.2, 0.25) is 0 Å². The number of thiophene rings is 1. The lowest BCUT2D eigenvalue weighted by Crippen LogP contribution is -2.11. The Morgan fingerprint density at radius 3 is 2.58 bits per heavy atom. The van der Waals surface area contributed by atoms with Gasteiger partial charge in [-0.05, 0) is 46.6 Å². The van der Waals surface area contributed by atoms with Gasteiger partial charge in [-0.1, -0.05) is 0 Å². The number of benzene rings is 1. The summed E-state index contributed by atoms with van der Waals surface area (Å²) in [5.74, 6) is -1.11. The highest BCUT2D eigenvalue weighted by atomic mass is 79.9. The minimum absolute atomic E-state index is 0.0661. The number of sulfonamides is 1. The van der Waals surface area contributed by atoms with Crippen LogP contribution in [0, 0.1) is 12.7 Å². The van der Waals surface area contributed by atoms with E-state index in [1.807, 2.05) is 0 Å². The van der Waals surface area contributed by atoms with Crippen molar-refractivity contribution >= 4 is 43.0 Å². The molecule has 0 atom stereocenters. The standard InChI is InChI=1S/C11H9BrFNO3S2/c1-6-4-10(18-11(6)12)19(16,17)14-8-3-2-7(13)5-9(8)15/h2-5,14-15H,1H3. The molecule has 0 aliphatic carbocycles. The number of anilines is 1. The second-order valence-electron chi connectivity index (χ2n) is 3.79. The van der Waals surface area contributed by atoms with E-state index in [2.05, 4.69) is 20.7 Å². The molecule has 0 amide bonds. The molecule has 0 aliphatic heterocycles. The number of hydrogen-bond donors (Lipinski definition) is 2. The van der Waals surface area contributed by atoms with Crippen molar-refractivity contribution in [1.29, 1.82) is 0 Å². The van der Waals surface area contributed by atoms with Crippen LogP contribution in [0.5, 0.6) is 5.75 Å². The van der Waals surface area contributed by atoms with Gasteiger partial charge in [-0.3, -0.25) is 4.72 Å². The fourth-order valence-corrected chi connectivity index (χ4v) is 4.65.